The molecule has 94 valence electrons. The van der Waals surface area contributed by atoms with Gasteiger partial charge in [0.1, 0.15) is 11.6 Å². The lowest BCUT2D eigenvalue weighted by Gasteiger charge is -2.11. The largest absolute Gasteiger partial charge is 0.467 e. The maximum Gasteiger partial charge on any atom is 0.254 e. The van der Waals surface area contributed by atoms with Crippen LogP contribution in [0.15, 0.2) is 45.5 Å². The first-order chi connectivity index (χ1) is 8.58. The highest BCUT2D eigenvalue weighted by Crippen LogP contribution is 2.17. The van der Waals surface area contributed by atoms with Crippen molar-refractivity contribution in [1.29, 1.82) is 0 Å². The minimum absolute atomic E-state index is 0.0107. The second-order valence-corrected chi connectivity index (χ2v) is 4.75. The van der Waals surface area contributed by atoms with Crippen molar-refractivity contribution in [1.82, 2.24) is 5.32 Å². The first-order valence-corrected chi connectivity index (χ1v) is 6.16. The van der Waals surface area contributed by atoms with Crippen molar-refractivity contribution in [3.05, 3.63) is 58.2 Å². The van der Waals surface area contributed by atoms with Gasteiger partial charge in [0.15, 0.2) is 0 Å². The molecule has 1 unspecified atom stereocenters. The Morgan fingerprint density at radius 1 is 1.44 bits per heavy atom. The third-order valence-electron chi connectivity index (χ3n) is 2.49. The molecule has 2 aromatic rings. The Morgan fingerprint density at radius 2 is 2.22 bits per heavy atom. The van der Waals surface area contributed by atoms with Gasteiger partial charge in [0.2, 0.25) is 0 Å². The van der Waals surface area contributed by atoms with E-state index in [2.05, 4.69) is 21.2 Å². The predicted molar refractivity (Wildman–Crippen MR) is 68.7 cm³/mol. The summed E-state index contributed by atoms with van der Waals surface area (Å²) in [5.74, 6) is -0.404. The van der Waals surface area contributed by atoms with E-state index < -0.39 is 11.7 Å². The highest BCUT2D eigenvalue weighted by molar-refractivity contribution is 9.10. The van der Waals surface area contributed by atoms with E-state index in [-0.39, 0.29) is 11.6 Å². The Balaban J connectivity index is 2.12. The van der Waals surface area contributed by atoms with Gasteiger partial charge >= 0.3 is 0 Å². The summed E-state index contributed by atoms with van der Waals surface area (Å²) in [6, 6.07) is 7.49. The number of carbonyl (C=O) groups is 1. The fourth-order valence-electron chi connectivity index (χ4n) is 1.56. The first-order valence-electron chi connectivity index (χ1n) is 5.37. The minimum Gasteiger partial charge on any atom is -0.467 e. The standard InChI is InChI=1S/C13H11BrFNO2/c1-8(12-3-2-6-18-12)16-13(17)10-5-4-9(14)7-11(10)15/h2-8H,1H3,(H,16,17). The summed E-state index contributed by atoms with van der Waals surface area (Å²) in [6.07, 6.45) is 1.53. The molecule has 0 aliphatic rings. The van der Waals surface area contributed by atoms with Crippen molar-refractivity contribution in [3.63, 3.8) is 0 Å². The normalized spacial score (nSPS) is 12.2. The zero-order valence-corrected chi connectivity index (χ0v) is 11.2. The highest BCUT2D eigenvalue weighted by Gasteiger charge is 2.16. The molecule has 5 heteroatoms. The van der Waals surface area contributed by atoms with Crippen LogP contribution in [0.25, 0.3) is 0 Å². The molecule has 2 rings (SSSR count). The molecular formula is C13H11BrFNO2. The summed E-state index contributed by atoms with van der Waals surface area (Å²) >= 11 is 3.14. The molecule has 3 nitrogen and oxygen atoms in total. The molecule has 1 N–H and O–H groups in total. The van der Waals surface area contributed by atoms with Crippen molar-refractivity contribution in [2.24, 2.45) is 0 Å². The SMILES string of the molecule is CC(NC(=O)c1ccc(Br)cc1F)c1ccco1. The van der Waals surface area contributed by atoms with Crippen molar-refractivity contribution >= 4 is 21.8 Å². The van der Waals surface area contributed by atoms with E-state index in [1.807, 2.05) is 0 Å². The number of halogens is 2. The van der Waals surface area contributed by atoms with Gasteiger partial charge in [0, 0.05) is 4.47 Å². The topological polar surface area (TPSA) is 42.2 Å². The van der Waals surface area contributed by atoms with E-state index in [0.717, 1.165) is 0 Å². The van der Waals surface area contributed by atoms with E-state index in [4.69, 9.17) is 4.42 Å². The van der Waals surface area contributed by atoms with Gasteiger partial charge in [0.05, 0.1) is 17.9 Å². The predicted octanol–water partition coefficient (Wildman–Crippen LogP) is 3.67. The summed E-state index contributed by atoms with van der Waals surface area (Å²) < 4.78 is 19.3. The van der Waals surface area contributed by atoms with E-state index in [1.54, 1.807) is 25.1 Å². The monoisotopic (exact) mass is 311 g/mol. The Morgan fingerprint density at radius 3 is 2.83 bits per heavy atom. The molecule has 0 bridgehead atoms. The lowest BCUT2D eigenvalue weighted by molar-refractivity contribution is 0.0931. The highest BCUT2D eigenvalue weighted by atomic mass is 79.9. The average molecular weight is 312 g/mol. The maximum absolute atomic E-state index is 13.6. The lowest BCUT2D eigenvalue weighted by atomic mass is 10.1. The molecule has 1 heterocycles. The molecule has 0 aliphatic carbocycles. The van der Waals surface area contributed by atoms with Crippen LogP contribution in [0.4, 0.5) is 4.39 Å². The number of amides is 1. The Labute approximate surface area is 112 Å². The zero-order valence-electron chi connectivity index (χ0n) is 9.61. The number of hydrogen-bond acceptors (Lipinski definition) is 2. The summed E-state index contributed by atoms with van der Waals surface area (Å²) in [5.41, 5.74) is 0.0107. The van der Waals surface area contributed by atoms with Crippen molar-refractivity contribution in [2.75, 3.05) is 0 Å². The van der Waals surface area contributed by atoms with E-state index >= 15 is 0 Å². The second-order valence-electron chi connectivity index (χ2n) is 3.83. The Hall–Kier alpha value is -1.62. The molecule has 1 aromatic heterocycles. The van der Waals surface area contributed by atoms with Gasteiger partial charge in [-0.2, -0.15) is 0 Å². The van der Waals surface area contributed by atoms with Gasteiger partial charge in [0.25, 0.3) is 5.91 Å². The van der Waals surface area contributed by atoms with Crippen LogP contribution < -0.4 is 5.32 Å². The molecular weight excluding hydrogens is 301 g/mol. The number of furan rings is 1. The van der Waals surface area contributed by atoms with E-state index in [9.17, 15) is 9.18 Å². The van der Waals surface area contributed by atoms with Crippen LogP contribution in [0.1, 0.15) is 29.1 Å². The van der Waals surface area contributed by atoms with Gasteiger partial charge < -0.3 is 9.73 Å². The van der Waals surface area contributed by atoms with Crippen LogP contribution in [0, 0.1) is 5.82 Å². The third kappa shape index (κ3) is 2.79. The van der Waals surface area contributed by atoms with Crippen LogP contribution >= 0.6 is 15.9 Å². The minimum atomic E-state index is -0.562. The van der Waals surface area contributed by atoms with Crippen LogP contribution in [0.3, 0.4) is 0 Å². The van der Waals surface area contributed by atoms with Crippen molar-refractivity contribution in [2.45, 2.75) is 13.0 Å². The first kappa shape index (κ1) is 12.8. The van der Waals surface area contributed by atoms with Gasteiger partial charge in [-0.05, 0) is 37.3 Å². The summed E-state index contributed by atoms with van der Waals surface area (Å²) in [6.45, 7) is 1.77. The molecule has 0 spiro atoms. The molecule has 1 amide bonds. The average Bonchev–Trinajstić information content (AvgIpc) is 2.81. The fraction of sp³-hybridized carbons (Fsp3) is 0.154. The van der Waals surface area contributed by atoms with E-state index in [0.29, 0.717) is 10.2 Å². The number of carbonyl (C=O) groups excluding carboxylic acids is 1. The van der Waals surface area contributed by atoms with Crippen LogP contribution in [-0.4, -0.2) is 5.91 Å². The zero-order chi connectivity index (χ0) is 13.1. The molecule has 1 aromatic carbocycles. The third-order valence-corrected chi connectivity index (χ3v) is 2.99. The second kappa shape index (κ2) is 5.35. The molecule has 0 radical (unpaired) electrons. The molecule has 0 saturated carbocycles. The van der Waals surface area contributed by atoms with Gasteiger partial charge in [-0.15, -0.1) is 0 Å². The summed E-state index contributed by atoms with van der Waals surface area (Å²) in [5, 5.41) is 2.67. The smallest absolute Gasteiger partial charge is 0.254 e. The Kier molecular flexibility index (Phi) is 3.81. The Bertz CT molecular complexity index is 554. The molecule has 0 aliphatic heterocycles. The summed E-state index contributed by atoms with van der Waals surface area (Å²) in [7, 11) is 0. The van der Waals surface area contributed by atoms with Gasteiger partial charge in [-0.3, -0.25) is 4.79 Å². The number of hydrogen-bond donors (Lipinski definition) is 1. The summed E-state index contributed by atoms with van der Waals surface area (Å²) in [4.78, 5) is 11.9. The van der Waals surface area contributed by atoms with E-state index in [1.165, 1.54) is 18.4 Å². The lowest BCUT2D eigenvalue weighted by Crippen LogP contribution is -2.27. The van der Waals surface area contributed by atoms with Crippen molar-refractivity contribution in [3.8, 4) is 0 Å². The number of benzene rings is 1. The van der Waals surface area contributed by atoms with Gasteiger partial charge in [-0.1, -0.05) is 15.9 Å². The molecule has 1 atom stereocenters. The number of nitrogens with one attached hydrogen (secondary N) is 1. The van der Waals surface area contributed by atoms with Gasteiger partial charge in [-0.25, -0.2) is 4.39 Å². The quantitative estimate of drug-likeness (QED) is 0.939. The fourth-order valence-corrected chi connectivity index (χ4v) is 1.89. The number of rotatable bonds is 3. The molecule has 18 heavy (non-hydrogen) atoms. The van der Waals surface area contributed by atoms with Crippen LogP contribution in [0.5, 0.6) is 0 Å². The molecule has 0 saturated heterocycles. The van der Waals surface area contributed by atoms with Crippen LogP contribution in [-0.2, 0) is 0 Å². The van der Waals surface area contributed by atoms with Crippen LogP contribution in [0.2, 0.25) is 0 Å². The molecule has 0 fully saturated rings. The van der Waals surface area contributed by atoms with Crippen molar-refractivity contribution < 1.29 is 13.6 Å². The maximum atomic E-state index is 13.6.